The first-order valence-electron chi connectivity index (χ1n) is 8.97. The maximum atomic E-state index is 10.7. The molecule has 0 radical (unpaired) electrons. The molecule has 0 spiro atoms. The van der Waals surface area contributed by atoms with Crippen LogP contribution in [0.2, 0.25) is 0 Å². The van der Waals surface area contributed by atoms with Crippen molar-refractivity contribution in [1.29, 1.82) is 0 Å². The number of hydrogen-bond donors (Lipinski definition) is 1. The summed E-state index contributed by atoms with van der Waals surface area (Å²) in [5.74, 6) is 0.570. The lowest BCUT2D eigenvalue weighted by molar-refractivity contribution is -0.0856. The Kier molecular flexibility index (Phi) is 3.05. The van der Waals surface area contributed by atoms with E-state index in [1.807, 2.05) is 0 Å². The van der Waals surface area contributed by atoms with Gasteiger partial charge in [-0.05, 0) is 55.3 Å². The largest absolute Gasteiger partial charge is 0.390 e. The molecule has 2 heteroatoms. The molecule has 1 saturated heterocycles. The summed E-state index contributed by atoms with van der Waals surface area (Å²) in [6.07, 6.45) is 9.02. The van der Waals surface area contributed by atoms with Gasteiger partial charge in [0.15, 0.2) is 0 Å². The average Bonchev–Trinajstić information content (AvgIpc) is 2.68. The third-order valence-corrected chi connectivity index (χ3v) is 7.73. The number of allylic oxidation sites excluding steroid dienone is 3. The molecule has 2 nitrogen and oxygen atoms in total. The molecular formula is C20H30O2. The molecule has 2 fully saturated rings. The van der Waals surface area contributed by atoms with Gasteiger partial charge in [0.2, 0.25) is 0 Å². The number of ether oxygens (including phenoxy) is 1. The number of fused-ring (bicyclic) bond motifs is 5. The standard InChI is InChI=1S/C20H30O2/c1-5-18(2)9-8-14-13(10-18)6-7-16-19(14,3)11-15-17(21)20(16,4)12-22-15/h5,15-17,21H,1,6-12H2,2-4H3/t15-,16+,17-,18-,19+,20+/m0/s1. The highest BCUT2D eigenvalue weighted by atomic mass is 16.5. The summed E-state index contributed by atoms with van der Waals surface area (Å²) in [5, 5.41) is 10.7. The van der Waals surface area contributed by atoms with Crippen LogP contribution in [0.3, 0.4) is 0 Å². The molecular weight excluding hydrogens is 272 g/mol. The van der Waals surface area contributed by atoms with Crippen molar-refractivity contribution in [3.63, 3.8) is 0 Å². The minimum absolute atomic E-state index is 0.0462. The second-order valence-electron chi connectivity index (χ2n) is 9.13. The van der Waals surface area contributed by atoms with Crippen LogP contribution in [0.1, 0.15) is 59.3 Å². The summed E-state index contributed by atoms with van der Waals surface area (Å²) in [6, 6.07) is 0. The number of rotatable bonds is 1. The number of hydrogen-bond acceptors (Lipinski definition) is 2. The van der Waals surface area contributed by atoms with Gasteiger partial charge in [0.1, 0.15) is 0 Å². The van der Waals surface area contributed by atoms with Crippen LogP contribution in [-0.4, -0.2) is 23.9 Å². The van der Waals surface area contributed by atoms with Gasteiger partial charge >= 0.3 is 0 Å². The molecule has 0 amide bonds. The number of aliphatic hydroxyl groups excluding tert-OH is 1. The molecule has 2 bridgehead atoms. The summed E-state index contributed by atoms with van der Waals surface area (Å²) >= 11 is 0. The quantitative estimate of drug-likeness (QED) is 0.734. The Morgan fingerprint density at radius 3 is 2.77 bits per heavy atom. The van der Waals surface area contributed by atoms with E-state index in [1.54, 1.807) is 11.1 Å². The van der Waals surface area contributed by atoms with Crippen LogP contribution in [-0.2, 0) is 4.74 Å². The average molecular weight is 302 g/mol. The highest BCUT2D eigenvalue weighted by molar-refractivity contribution is 5.34. The zero-order chi connectivity index (χ0) is 15.8. The van der Waals surface area contributed by atoms with E-state index in [2.05, 4.69) is 33.4 Å². The van der Waals surface area contributed by atoms with Crippen LogP contribution in [0, 0.1) is 22.2 Å². The van der Waals surface area contributed by atoms with Gasteiger partial charge in [-0.3, -0.25) is 0 Å². The zero-order valence-electron chi connectivity index (χ0n) is 14.3. The van der Waals surface area contributed by atoms with Crippen molar-refractivity contribution in [2.45, 2.75) is 71.5 Å². The van der Waals surface area contributed by atoms with Crippen LogP contribution >= 0.6 is 0 Å². The minimum atomic E-state index is -0.269. The Morgan fingerprint density at radius 2 is 2.05 bits per heavy atom. The highest BCUT2D eigenvalue weighted by Crippen LogP contribution is 2.65. The van der Waals surface area contributed by atoms with Crippen molar-refractivity contribution in [1.82, 2.24) is 0 Å². The van der Waals surface area contributed by atoms with Gasteiger partial charge in [-0.15, -0.1) is 6.58 Å². The first-order chi connectivity index (χ1) is 10.3. The normalized spacial score (nSPS) is 53.9. The smallest absolute Gasteiger partial charge is 0.0880 e. The molecule has 6 atom stereocenters. The lowest BCUT2D eigenvalue weighted by atomic mass is 9.47. The molecule has 1 saturated carbocycles. The molecule has 22 heavy (non-hydrogen) atoms. The third-order valence-electron chi connectivity index (χ3n) is 7.73. The monoisotopic (exact) mass is 302 g/mol. The van der Waals surface area contributed by atoms with E-state index in [9.17, 15) is 5.11 Å². The van der Waals surface area contributed by atoms with Gasteiger partial charge in [0, 0.05) is 5.41 Å². The van der Waals surface area contributed by atoms with Crippen molar-refractivity contribution in [2.24, 2.45) is 22.2 Å². The summed E-state index contributed by atoms with van der Waals surface area (Å²) < 4.78 is 6.00. The molecule has 1 N–H and O–H groups in total. The van der Waals surface area contributed by atoms with Crippen LogP contribution < -0.4 is 0 Å². The van der Waals surface area contributed by atoms with Crippen molar-refractivity contribution in [2.75, 3.05) is 6.61 Å². The summed E-state index contributed by atoms with van der Waals surface area (Å²) in [4.78, 5) is 0. The lowest BCUT2D eigenvalue weighted by Gasteiger charge is -2.57. The SMILES string of the molecule is C=C[C@@]1(C)CCC2=C(CC[C@H]3[C@@]4(C)CO[C@@H](C[C@]23C)[C@@H]4O)C1. The van der Waals surface area contributed by atoms with Crippen molar-refractivity contribution in [3.8, 4) is 0 Å². The second kappa shape index (κ2) is 4.48. The predicted molar refractivity (Wildman–Crippen MR) is 88.5 cm³/mol. The molecule has 4 rings (SSSR count). The van der Waals surface area contributed by atoms with E-state index < -0.39 is 0 Å². The van der Waals surface area contributed by atoms with Crippen LogP contribution in [0.5, 0.6) is 0 Å². The zero-order valence-corrected chi connectivity index (χ0v) is 14.3. The van der Waals surface area contributed by atoms with E-state index in [4.69, 9.17) is 4.74 Å². The molecule has 0 aromatic carbocycles. The molecule has 122 valence electrons. The van der Waals surface area contributed by atoms with Gasteiger partial charge in [-0.1, -0.05) is 38.0 Å². The Hall–Kier alpha value is -0.600. The van der Waals surface area contributed by atoms with Crippen LogP contribution in [0.4, 0.5) is 0 Å². The fourth-order valence-corrected chi connectivity index (χ4v) is 6.33. The van der Waals surface area contributed by atoms with E-state index in [0.29, 0.717) is 5.92 Å². The Morgan fingerprint density at radius 1 is 1.27 bits per heavy atom. The van der Waals surface area contributed by atoms with Gasteiger partial charge < -0.3 is 9.84 Å². The van der Waals surface area contributed by atoms with Gasteiger partial charge in [-0.2, -0.15) is 0 Å². The third kappa shape index (κ3) is 1.74. The van der Waals surface area contributed by atoms with E-state index >= 15 is 0 Å². The predicted octanol–water partition coefficient (Wildman–Crippen LogP) is 4.25. The van der Waals surface area contributed by atoms with Crippen LogP contribution in [0.25, 0.3) is 0 Å². The van der Waals surface area contributed by atoms with Gasteiger partial charge in [0.25, 0.3) is 0 Å². The molecule has 1 heterocycles. The maximum Gasteiger partial charge on any atom is 0.0880 e. The summed E-state index contributed by atoms with van der Waals surface area (Å²) in [6.45, 7) is 11.9. The fraction of sp³-hybridized carbons (Fsp3) is 0.800. The molecule has 1 aliphatic heterocycles. The highest BCUT2D eigenvalue weighted by Gasteiger charge is 2.63. The molecule has 0 unspecified atom stereocenters. The first-order valence-corrected chi connectivity index (χ1v) is 8.97. The fourth-order valence-electron chi connectivity index (χ4n) is 6.33. The summed E-state index contributed by atoms with van der Waals surface area (Å²) in [5.41, 5.74) is 3.90. The number of aliphatic hydroxyl groups is 1. The minimum Gasteiger partial charge on any atom is -0.390 e. The van der Waals surface area contributed by atoms with Crippen molar-refractivity contribution >= 4 is 0 Å². The molecule has 3 aliphatic carbocycles. The lowest BCUT2D eigenvalue weighted by Crippen LogP contribution is -2.56. The first kappa shape index (κ1) is 15.0. The van der Waals surface area contributed by atoms with Gasteiger partial charge in [-0.25, -0.2) is 0 Å². The van der Waals surface area contributed by atoms with Crippen molar-refractivity contribution < 1.29 is 9.84 Å². The maximum absolute atomic E-state index is 10.7. The topological polar surface area (TPSA) is 29.5 Å². The van der Waals surface area contributed by atoms with E-state index in [-0.39, 0.29) is 28.5 Å². The summed E-state index contributed by atoms with van der Waals surface area (Å²) in [7, 11) is 0. The Bertz CT molecular complexity index is 550. The van der Waals surface area contributed by atoms with Crippen molar-refractivity contribution in [3.05, 3.63) is 23.8 Å². The molecule has 0 aromatic heterocycles. The molecule has 4 aliphatic rings. The van der Waals surface area contributed by atoms with E-state index in [0.717, 1.165) is 13.0 Å². The second-order valence-corrected chi connectivity index (χ2v) is 9.13. The van der Waals surface area contributed by atoms with E-state index in [1.165, 1.54) is 32.1 Å². The van der Waals surface area contributed by atoms with Crippen LogP contribution in [0.15, 0.2) is 23.8 Å². The molecule has 0 aromatic rings. The Labute approximate surface area is 134 Å². The van der Waals surface area contributed by atoms with Gasteiger partial charge in [0.05, 0.1) is 18.8 Å². The Balaban J connectivity index is 1.75.